The molecule has 0 rings (SSSR count). The van der Waals surface area contributed by atoms with Crippen molar-refractivity contribution in [3.05, 3.63) is 12.7 Å². The van der Waals surface area contributed by atoms with E-state index in [1.165, 1.54) is 0 Å². The molecule has 0 amide bonds. The Morgan fingerprint density at radius 1 is 1.58 bits per heavy atom. The Kier molecular flexibility index (Phi) is 7.11. The number of methoxy groups -OCH3 is 1. The van der Waals surface area contributed by atoms with Gasteiger partial charge in [0.25, 0.3) is 0 Å². The molecule has 1 N–H and O–H groups in total. The van der Waals surface area contributed by atoms with Crippen molar-refractivity contribution in [3.63, 3.8) is 0 Å². The van der Waals surface area contributed by atoms with Crippen molar-refractivity contribution < 1.29 is 9.84 Å². The molecule has 0 aromatic carbocycles. The maximum Gasteiger partial charge on any atom is 0.0776 e. The van der Waals surface area contributed by atoms with Crippen molar-refractivity contribution in [1.82, 2.24) is 0 Å². The summed E-state index contributed by atoms with van der Waals surface area (Å²) in [5, 5.41) is 9.37. The molecule has 2 unspecified atom stereocenters. The van der Waals surface area contributed by atoms with Crippen LogP contribution in [0.1, 0.15) is 26.2 Å². The molecule has 0 bridgehead atoms. The molecule has 0 aliphatic carbocycles. The predicted octanol–water partition coefficient (Wildman–Crippen LogP) is 1.99. The van der Waals surface area contributed by atoms with Gasteiger partial charge in [-0.2, -0.15) is 0 Å². The maximum atomic E-state index is 9.37. The number of hydrogen-bond acceptors (Lipinski definition) is 2. The van der Waals surface area contributed by atoms with Crippen LogP contribution >= 0.6 is 0 Å². The van der Waals surface area contributed by atoms with E-state index in [1.54, 1.807) is 7.11 Å². The lowest BCUT2D eigenvalue weighted by atomic mass is 9.99. The smallest absolute Gasteiger partial charge is 0.0776 e. The van der Waals surface area contributed by atoms with Crippen LogP contribution in [-0.4, -0.2) is 24.9 Å². The lowest BCUT2D eigenvalue weighted by Crippen LogP contribution is -2.17. The summed E-state index contributed by atoms with van der Waals surface area (Å²) in [6, 6.07) is 0. The standard InChI is InChI=1S/C10H20O2/c1-4-5-6-9(2)7-10(11)8-12-3/h4,9-11H,1,5-8H2,2-3H3. The Morgan fingerprint density at radius 3 is 2.75 bits per heavy atom. The minimum Gasteiger partial charge on any atom is -0.391 e. The number of ether oxygens (including phenoxy) is 1. The van der Waals surface area contributed by atoms with Crippen molar-refractivity contribution in [2.45, 2.75) is 32.3 Å². The summed E-state index contributed by atoms with van der Waals surface area (Å²) in [6.45, 7) is 6.25. The molecule has 0 fully saturated rings. The van der Waals surface area contributed by atoms with Crippen LogP contribution in [0, 0.1) is 5.92 Å². The first-order valence-electron chi connectivity index (χ1n) is 4.48. The third kappa shape index (κ3) is 6.38. The molecule has 0 aromatic heterocycles. The van der Waals surface area contributed by atoms with Gasteiger partial charge in [-0.1, -0.05) is 13.0 Å². The Bertz CT molecular complexity index is 112. The molecule has 0 aliphatic heterocycles. The van der Waals surface area contributed by atoms with Gasteiger partial charge in [0.05, 0.1) is 12.7 Å². The molecule has 72 valence electrons. The van der Waals surface area contributed by atoms with Gasteiger partial charge in [-0.15, -0.1) is 6.58 Å². The van der Waals surface area contributed by atoms with Gasteiger partial charge in [0.2, 0.25) is 0 Å². The molecular weight excluding hydrogens is 152 g/mol. The molecule has 12 heavy (non-hydrogen) atoms. The third-order valence-corrected chi connectivity index (χ3v) is 1.90. The van der Waals surface area contributed by atoms with E-state index in [4.69, 9.17) is 4.74 Å². The van der Waals surface area contributed by atoms with E-state index in [2.05, 4.69) is 13.5 Å². The lowest BCUT2D eigenvalue weighted by Gasteiger charge is -2.14. The van der Waals surface area contributed by atoms with E-state index < -0.39 is 0 Å². The van der Waals surface area contributed by atoms with E-state index in [0.717, 1.165) is 19.3 Å². The lowest BCUT2D eigenvalue weighted by molar-refractivity contribution is 0.0492. The van der Waals surface area contributed by atoms with Gasteiger partial charge < -0.3 is 9.84 Å². The van der Waals surface area contributed by atoms with Crippen molar-refractivity contribution in [2.75, 3.05) is 13.7 Å². The van der Waals surface area contributed by atoms with Crippen LogP contribution in [0.15, 0.2) is 12.7 Å². The molecule has 0 heterocycles. The van der Waals surface area contributed by atoms with Crippen LogP contribution < -0.4 is 0 Å². The summed E-state index contributed by atoms with van der Waals surface area (Å²) < 4.78 is 4.84. The largest absolute Gasteiger partial charge is 0.391 e. The fourth-order valence-electron chi connectivity index (χ4n) is 1.25. The molecule has 0 spiro atoms. The number of aliphatic hydroxyl groups is 1. The quantitative estimate of drug-likeness (QED) is 0.595. The highest BCUT2D eigenvalue weighted by Crippen LogP contribution is 2.12. The normalized spacial score (nSPS) is 15.6. The number of hydrogen-bond donors (Lipinski definition) is 1. The van der Waals surface area contributed by atoms with Crippen molar-refractivity contribution in [1.29, 1.82) is 0 Å². The molecule has 2 atom stereocenters. The summed E-state index contributed by atoms with van der Waals surface area (Å²) in [6.07, 6.45) is 4.56. The van der Waals surface area contributed by atoms with E-state index in [-0.39, 0.29) is 6.10 Å². The van der Waals surface area contributed by atoms with Gasteiger partial charge in [0.15, 0.2) is 0 Å². The average molecular weight is 172 g/mol. The van der Waals surface area contributed by atoms with Crippen molar-refractivity contribution in [3.8, 4) is 0 Å². The highest BCUT2D eigenvalue weighted by Gasteiger charge is 2.08. The highest BCUT2D eigenvalue weighted by molar-refractivity contribution is 4.69. The molecule has 0 saturated heterocycles. The van der Waals surface area contributed by atoms with E-state index in [1.807, 2.05) is 6.08 Å². The number of allylic oxidation sites excluding steroid dienone is 1. The van der Waals surface area contributed by atoms with E-state index >= 15 is 0 Å². The highest BCUT2D eigenvalue weighted by atomic mass is 16.5. The van der Waals surface area contributed by atoms with Gasteiger partial charge in [-0.05, 0) is 25.2 Å². The summed E-state index contributed by atoms with van der Waals surface area (Å²) in [7, 11) is 1.61. The number of rotatable bonds is 7. The van der Waals surface area contributed by atoms with E-state index in [9.17, 15) is 5.11 Å². The first-order chi connectivity index (χ1) is 5.70. The summed E-state index contributed by atoms with van der Waals surface area (Å²) in [4.78, 5) is 0. The van der Waals surface area contributed by atoms with Crippen LogP contribution in [0.3, 0.4) is 0 Å². The predicted molar refractivity (Wildman–Crippen MR) is 51.1 cm³/mol. The minimum absolute atomic E-state index is 0.310. The third-order valence-electron chi connectivity index (χ3n) is 1.90. The minimum atomic E-state index is -0.310. The molecule has 0 radical (unpaired) electrons. The van der Waals surface area contributed by atoms with Crippen LogP contribution in [0.2, 0.25) is 0 Å². The maximum absolute atomic E-state index is 9.37. The molecule has 2 heteroatoms. The van der Waals surface area contributed by atoms with E-state index in [0.29, 0.717) is 12.5 Å². The fraction of sp³-hybridized carbons (Fsp3) is 0.800. The van der Waals surface area contributed by atoms with Crippen LogP contribution in [-0.2, 0) is 4.74 Å². The fourth-order valence-corrected chi connectivity index (χ4v) is 1.25. The van der Waals surface area contributed by atoms with Gasteiger partial charge in [0.1, 0.15) is 0 Å². The van der Waals surface area contributed by atoms with Crippen LogP contribution in [0.25, 0.3) is 0 Å². The van der Waals surface area contributed by atoms with Gasteiger partial charge in [-0.3, -0.25) is 0 Å². The molecule has 0 saturated carbocycles. The molecule has 0 aliphatic rings. The summed E-state index contributed by atoms with van der Waals surface area (Å²) in [5.41, 5.74) is 0. The van der Waals surface area contributed by atoms with Crippen molar-refractivity contribution in [2.24, 2.45) is 5.92 Å². The Hall–Kier alpha value is -0.340. The van der Waals surface area contributed by atoms with Crippen molar-refractivity contribution >= 4 is 0 Å². The Morgan fingerprint density at radius 2 is 2.25 bits per heavy atom. The molecule has 0 aromatic rings. The van der Waals surface area contributed by atoms with Gasteiger partial charge in [-0.25, -0.2) is 0 Å². The second-order valence-electron chi connectivity index (χ2n) is 3.32. The first-order valence-corrected chi connectivity index (χ1v) is 4.48. The summed E-state index contributed by atoms with van der Waals surface area (Å²) in [5.74, 6) is 0.549. The molecular formula is C10H20O2. The zero-order valence-electron chi connectivity index (χ0n) is 8.12. The zero-order chi connectivity index (χ0) is 9.40. The Labute approximate surface area is 75.2 Å². The summed E-state index contributed by atoms with van der Waals surface area (Å²) >= 11 is 0. The SMILES string of the molecule is C=CCCC(C)CC(O)COC. The second kappa shape index (κ2) is 7.32. The zero-order valence-corrected chi connectivity index (χ0v) is 8.12. The molecule has 2 nitrogen and oxygen atoms in total. The van der Waals surface area contributed by atoms with Crippen LogP contribution in [0.5, 0.6) is 0 Å². The monoisotopic (exact) mass is 172 g/mol. The van der Waals surface area contributed by atoms with Crippen LogP contribution in [0.4, 0.5) is 0 Å². The topological polar surface area (TPSA) is 29.5 Å². The number of aliphatic hydroxyl groups excluding tert-OH is 1. The first kappa shape index (κ1) is 11.7. The second-order valence-corrected chi connectivity index (χ2v) is 3.32. The van der Waals surface area contributed by atoms with Gasteiger partial charge >= 0.3 is 0 Å². The Balaban J connectivity index is 3.39. The van der Waals surface area contributed by atoms with Gasteiger partial charge in [0, 0.05) is 7.11 Å². The average Bonchev–Trinajstić information content (AvgIpc) is 2.01.